The van der Waals surface area contributed by atoms with Gasteiger partial charge in [-0.1, -0.05) is 18.2 Å². The maximum atomic E-state index is 13.4. The lowest BCUT2D eigenvalue weighted by molar-refractivity contribution is 0.0586. The topological polar surface area (TPSA) is 51.0 Å². The van der Waals surface area contributed by atoms with E-state index in [4.69, 9.17) is 0 Å². The number of fused-ring (bicyclic) bond motifs is 1. The Balaban J connectivity index is 1.69. The maximum Gasteiger partial charge on any atom is 0.254 e. The average molecular weight is 334 g/mol. The Kier molecular flexibility index (Phi) is 4.22. The summed E-state index contributed by atoms with van der Waals surface area (Å²) in [6.45, 7) is 3.50. The van der Waals surface area contributed by atoms with Gasteiger partial charge in [-0.05, 0) is 44.4 Å². The predicted molar refractivity (Wildman–Crippen MR) is 97.4 cm³/mol. The number of hydrogen-bond donors (Lipinski definition) is 0. The summed E-state index contributed by atoms with van der Waals surface area (Å²) in [6.07, 6.45) is 6.99. The van der Waals surface area contributed by atoms with Crippen LogP contribution in [0.2, 0.25) is 0 Å². The van der Waals surface area contributed by atoms with Gasteiger partial charge < -0.3 is 4.90 Å². The number of carbonyl (C=O) groups excluding carboxylic acids is 1. The van der Waals surface area contributed by atoms with Crippen LogP contribution in [0.25, 0.3) is 10.9 Å². The minimum Gasteiger partial charge on any atom is -0.334 e. The van der Waals surface area contributed by atoms with E-state index in [1.165, 1.54) is 0 Å². The lowest BCUT2D eigenvalue weighted by atomic mass is 9.99. The fourth-order valence-electron chi connectivity index (χ4n) is 3.72. The zero-order valence-corrected chi connectivity index (χ0v) is 14.4. The van der Waals surface area contributed by atoms with Crippen LogP contribution in [0.3, 0.4) is 0 Å². The van der Waals surface area contributed by atoms with Crippen molar-refractivity contribution in [3.63, 3.8) is 0 Å². The maximum absolute atomic E-state index is 13.4. The van der Waals surface area contributed by atoms with Crippen LogP contribution in [0.5, 0.6) is 0 Å². The molecule has 1 saturated heterocycles. The van der Waals surface area contributed by atoms with E-state index < -0.39 is 0 Å². The van der Waals surface area contributed by atoms with Crippen LogP contribution in [-0.2, 0) is 6.54 Å². The van der Waals surface area contributed by atoms with Gasteiger partial charge in [-0.25, -0.2) is 0 Å². The number of hydrogen-bond acceptors (Lipinski definition) is 3. The van der Waals surface area contributed by atoms with E-state index in [1.807, 2.05) is 59.1 Å². The summed E-state index contributed by atoms with van der Waals surface area (Å²) in [7, 11) is 0. The van der Waals surface area contributed by atoms with Gasteiger partial charge in [-0.3, -0.25) is 14.5 Å². The number of aryl methyl sites for hydroxylation is 1. The van der Waals surface area contributed by atoms with Crippen molar-refractivity contribution in [3.8, 4) is 0 Å². The highest BCUT2D eigenvalue weighted by atomic mass is 16.2. The molecule has 4 rings (SSSR count). The summed E-state index contributed by atoms with van der Waals surface area (Å²) >= 11 is 0. The summed E-state index contributed by atoms with van der Waals surface area (Å²) in [4.78, 5) is 20.0. The van der Waals surface area contributed by atoms with Crippen molar-refractivity contribution in [2.75, 3.05) is 6.54 Å². The van der Waals surface area contributed by atoms with Gasteiger partial charge in [-0.15, -0.1) is 0 Å². The molecule has 3 aromatic rings. The van der Waals surface area contributed by atoms with Gasteiger partial charge >= 0.3 is 0 Å². The second kappa shape index (κ2) is 6.67. The second-order valence-electron chi connectivity index (χ2n) is 6.70. The molecule has 128 valence electrons. The molecule has 25 heavy (non-hydrogen) atoms. The highest BCUT2D eigenvalue weighted by Crippen LogP contribution is 2.25. The van der Waals surface area contributed by atoms with Gasteiger partial charge in [-0.2, -0.15) is 5.10 Å². The van der Waals surface area contributed by atoms with Crippen molar-refractivity contribution < 1.29 is 4.79 Å². The molecule has 5 heteroatoms. The fourth-order valence-corrected chi connectivity index (χ4v) is 3.72. The SMILES string of the molecule is Cc1cc(C(=O)N2CCCC[C@@H]2Cn2cccn2)c2ccccc2n1. The molecule has 0 bridgehead atoms. The van der Waals surface area contributed by atoms with Crippen LogP contribution in [0.4, 0.5) is 0 Å². The van der Waals surface area contributed by atoms with Gasteiger partial charge in [0.15, 0.2) is 0 Å². The normalized spacial score (nSPS) is 17.8. The van der Waals surface area contributed by atoms with E-state index in [2.05, 4.69) is 10.1 Å². The molecular formula is C20H22N4O. The number of aromatic nitrogens is 3. The lowest BCUT2D eigenvalue weighted by Crippen LogP contribution is -2.46. The average Bonchev–Trinajstić information content (AvgIpc) is 3.14. The molecule has 0 radical (unpaired) electrons. The standard InChI is InChI=1S/C20H22N4O/c1-15-13-18(17-8-2-3-9-19(17)22-15)20(25)24-12-5-4-7-16(24)14-23-11-6-10-21-23/h2-3,6,8-11,13,16H,4-5,7,12,14H2,1H3/t16-/m1/s1. The predicted octanol–water partition coefficient (Wildman–Crippen LogP) is 3.43. The quantitative estimate of drug-likeness (QED) is 0.737. The molecule has 0 unspecified atom stereocenters. The number of rotatable bonds is 3. The van der Waals surface area contributed by atoms with Crippen LogP contribution in [0.15, 0.2) is 48.8 Å². The number of piperidine rings is 1. The summed E-state index contributed by atoms with van der Waals surface area (Å²) in [5.74, 6) is 0.110. The molecule has 1 aliphatic rings. The van der Waals surface area contributed by atoms with Crippen LogP contribution in [-0.4, -0.2) is 38.2 Å². The molecule has 1 aromatic carbocycles. The van der Waals surface area contributed by atoms with E-state index >= 15 is 0 Å². The molecule has 0 N–H and O–H groups in total. The third-order valence-electron chi connectivity index (χ3n) is 4.92. The van der Waals surface area contributed by atoms with Crippen LogP contribution in [0.1, 0.15) is 35.3 Å². The van der Waals surface area contributed by atoms with Gasteiger partial charge in [0.25, 0.3) is 5.91 Å². The van der Waals surface area contributed by atoms with Crippen LogP contribution < -0.4 is 0 Å². The van der Waals surface area contributed by atoms with Crippen molar-refractivity contribution in [1.29, 1.82) is 0 Å². The first-order chi connectivity index (χ1) is 12.2. The number of nitrogens with zero attached hydrogens (tertiary/aromatic N) is 4. The first kappa shape index (κ1) is 15.8. The number of para-hydroxylation sites is 1. The van der Waals surface area contributed by atoms with Gasteiger partial charge in [0.1, 0.15) is 0 Å². The molecule has 0 spiro atoms. The van der Waals surface area contributed by atoms with Crippen LogP contribution in [0, 0.1) is 6.92 Å². The Hall–Kier alpha value is -2.69. The Morgan fingerprint density at radius 3 is 2.96 bits per heavy atom. The molecule has 3 heterocycles. The smallest absolute Gasteiger partial charge is 0.254 e. The summed E-state index contributed by atoms with van der Waals surface area (Å²) < 4.78 is 1.92. The van der Waals surface area contributed by atoms with Crippen molar-refractivity contribution in [1.82, 2.24) is 19.7 Å². The van der Waals surface area contributed by atoms with Crippen molar-refractivity contribution in [3.05, 3.63) is 60.0 Å². The molecule has 1 atom stereocenters. The highest BCUT2D eigenvalue weighted by Gasteiger charge is 2.29. The molecule has 5 nitrogen and oxygen atoms in total. The third-order valence-corrected chi connectivity index (χ3v) is 4.92. The molecule has 1 amide bonds. The van der Waals surface area contributed by atoms with Crippen molar-refractivity contribution >= 4 is 16.8 Å². The fraction of sp³-hybridized carbons (Fsp3) is 0.350. The minimum absolute atomic E-state index is 0.110. The van der Waals surface area contributed by atoms with Gasteiger partial charge in [0.05, 0.1) is 23.7 Å². The Morgan fingerprint density at radius 2 is 2.12 bits per heavy atom. The largest absolute Gasteiger partial charge is 0.334 e. The highest BCUT2D eigenvalue weighted by molar-refractivity contribution is 6.06. The summed E-state index contributed by atoms with van der Waals surface area (Å²) in [6, 6.07) is 11.9. The number of pyridine rings is 1. The Labute approximate surface area is 147 Å². The van der Waals surface area contributed by atoms with E-state index in [1.54, 1.807) is 6.20 Å². The first-order valence-corrected chi connectivity index (χ1v) is 8.87. The zero-order valence-electron chi connectivity index (χ0n) is 14.4. The van der Waals surface area contributed by atoms with E-state index in [-0.39, 0.29) is 11.9 Å². The van der Waals surface area contributed by atoms with Gasteiger partial charge in [0, 0.05) is 30.0 Å². The molecule has 2 aromatic heterocycles. The zero-order chi connectivity index (χ0) is 17.2. The Bertz CT molecular complexity index is 888. The summed E-state index contributed by atoms with van der Waals surface area (Å²) in [5, 5.41) is 5.24. The molecule has 1 aliphatic heterocycles. The first-order valence-electron chi connectivity index (χ1n) is 8.87. The number of carbonyl (C=O) groups is 1. The van der Waals surface area contributed by atoms with E-state index in [0.717, 1.165) is 54.5 Å². The van der Waals surface area contributed by atoms with E-state index in [0.29, 0.717) is 0 Å². The molecule has 1 fully saturated rings. The molecular weight excluding hydrogens is 312 g/mol. The summed E-state index contributed by atoms with van der Waals surface area (Å²) in [5.41, 5.74) is 2.52. The Morgan fingerprint density at radius 1 is 1.24 bits per heavy atom. The number of likely N-dealkylation sites (tertiary alicyclic amines) is 1. The van der Waals surface area contributed by atoms with Crippen molar-refractivity contribution in [2.45, 2.75) is 38.8 Å². The monoisotopic (exact) mass is 334 g/mol. The number of amides is 1. The van der Waals surface area contributed by atoms with Crippen LogP contribution >= 0.6 is 0 Å². The van der Waals surface area contributed by atoms with E-state index in [9.17, 15) is 4.79 Å². The second-order valence-corrected chi connectivity index (χ2v) is 6.70. The van der Waals surface area contributed by atoms with Crippen molar-refractivity contribution in [2.24, 2.45) is 0 Å². The third kappa shape index (κ3) is 3.14. The van der Waals surface area contributed by atoms with Gasteiger partial charge in [0.2, 0.25) is 0 Å². The molecule has 0 saturated carbocycles. The lowest BCUT2D eigenvalue weighted by Gasteiger charge is -2.36. The number of benzene rings is 1. The minimum atomic E-state index is 0.110. The molecule has 0 aliphatic carbocycles.